The number of amides is 1. The maximum atomic E-state index is 12.5. The van der Waals surface area contributed by atoms with Crippen LogP contribution in [0.4, 0.5) is 10.5 Å². The largest absolute Gasteiger partial charge is 0.491 e. The normalized spacial score (nSPS) is 20.8. The summed E-state index contributed by atoms with van der Waals surface area (Å²) in [6.07, 6.45) is -0.237. The van der Waals surface area contributed by atoms with Crippen LogP contribution in [-0.2, 0) is 9.47 Å². The fourth-order valence-corrected chi connectivity index (χ4v) is 3.20. The molecule has 2 rings (SSSR count). The summed E-state index contributed by atoms with van der Waals surface area (Å²) in [5.41, 5.74) is 0.651. The third-order valence-corrected chi connectivity index (χ3v) is 4.28. The van der Waals surface area contributed by atoms with Gasteiger partial charge in [-0.3, -0.25) is 4.90 Å². The van der Waals surface area contributed by atoms with Crippen molar-refractivity contribution in [3.63, 3.8) is 0 Å². The number of hydrogen-bond acceptors (Lipinski definition) is 5. The minimum absolute atomic E-state index is 0.0752. The minimum atomic E-state index is -0.480. The highest BCUT2D eigenvalue weighted by molar-refractivity contribution is 5.69. The van der Waals surface area contributed by atoms with E-state index in [1.807, 2.05) is 37.8 Å². The van der Waals surface area contributed by atoms with E-state index in [9.17, 15) is 4.79 Å². The third-order valence-electron chi connectivity index (χ3n) is 4.28. The summed E-state index contributed by atoms with van der Waals surface area (Å²) in [6, 6.07) is 8.22. The molecule has 1 heterocycles. The van der Waals surface area contributed by atoms with Crippen LogP contribution < -0.4 is 9.64 Å². The molecule has 1 aromatic carbocycles. The molecule has 0 bridgehead atoms. The Hall–Kier alpha value is -1.95. The van der Waals surface area contributed by atoms with Gasteiger partial charge in [0.05, 0.1) is 18.7 Å². The summed E-state index contributed by atoms with van der Waals surface area (Å²) in [4.78, 5) is 16.7. The van der Waals surface area contributed by atoms with Gasteiger partial charge in [-0.15, -0.1) is 0 Å². The molecule has 1 amide bonds. The summed E-state index contributed by atoms with van der Waals surface area (Å²) in [5.74, 6) is 0.833. The zero-order valence-electron chi connectivity index (χ0n) is 16.8. The van der Waals surface area contributed by atoms with Crippen molar-refractivity contribution >= 4 is 11.8 Å². The van der Waals surface area contributed by atoms with E-state index < -0.39 is 5.60 Å². The number of piperazine rings is 1. The van der Waals surface area contributed by atoms with Crippen molar-refractivity contribution in [1.82, 2.24) is 4.90 Å². The van der Waals surface area contributed by atoms with Crippen LogP contribution in [-0.4, -0.2) is 62.1 Å². The second-order valence-electron chi connectivity index (χ2n) is 7.83. The van der Waals surface area contributed by atoms with Gasteiger partial charge < -0.3 is 19.1 Å². The molecule has 0 radical (unpaired) electrons. The lowest BCUT2D eigenvalue weighted by Crippen LogP contribution is -2.59. The standard InChI is InChI=1S/C20H32N2O4/c1-15-13-21(14-16(2)22(15)19(23)26-20(3,4)5)17-7-9-18(10-8-17)25-12-11-24-6/h7-10,15-16H,11-14H2,1-6H3. The highest BCUT2D eigenvalue weighted by Crippen LogP contribution is 2.26. The minimum Gasteiger partial charge on any atom is -0.491 e. The smallest absolute Gasteiger partial charge is 0.410 e. The Morgan fingerprint density at radius 1 is 1.08 bits per heavy atom. The lowest BCUT2D eigenvalue weighted by Gasteiger charge is -2.45. The molecule has 1 saturated heterocycles. The summed E-state index contributed by atoms with van der Waals surface area (Å²) in [7, 11) is 1.66. The van der Waals surface area contributed by atoms with Crippen molar-refractivity contribution in [3.05, 3.63) is 24.3 Å². The molecular weight excluding hydrogens is 332 g/mol. The molecule has 0 aliphatic carbocycles. The van der Waals surface area contributed by atoms with Crippen LogP contribution >= 0.6 is 0 Å². The topological polar surface area (TPSA) is 51.2 Å². The molecule has 1 aliphatic heterocycles. The van der Waals surface area contributed by atoms with Crippen molar-refractivity contribution in [3.8, 4) is 5.75 Å². The van der Waals surface area contributed by atoms with Crippen LogP contribution in [0.2, 0.25) is 0 Å². The van der Waals surface area contributed by atoms with Crippen LogP contribution in [0.5, 0.6) is 5.75 Å². The Labute approximate surface area is 157 Å². The number of carbonyl (C=O) groups is 1. The Kier molecular flexibility index (Phi) is 6.75. The van der Waals surface area contributed by atoms with Gasteiger partial charge in [0.25, 0.3) is 0 Å². The molecule has 0 spiro atoms. The van der Waals surface area contributed by atoms with E-state index in [-0.39, 0.29) is 18.2 Å². The van der Waals surface area contributed by atoms with Crippen molar-refractivity contribution in [1.29, 1.82) is 0 Å². The van der Waals surface area contributed by atoms with E-state index in [4.69, 9.17) is 14.2 Å². The number of carbonyl (C=O) groups excluding carboxylic acids is 1. The molecule has 6 nitrogen and oxygen atoms in total. The zero-order chi connectivity index (χ0) is 19.3. The summed E-state index contributed by atoms with van der Waals surface area (Å²) in [6.45, 7) is 12.5. The summed E-state index contributed by atoms with van der Waals surface area (Å²) >= 11 is 0. The number of ether oxygens (including phenoxy) is 3. The predicted molar refractivity (Wildman–Crippen MR) is 103 cm³/mol. The van der Waals surface area contributed by atoms with Gasteiger partial charge in [-0.25, -0.2) is 4.79 Å². The molecule has 1 aliphatic rings. The first-order valence-corrected chi connectivity index (χ1v) is 9.19. The van der Waals surface area contributed by atoms with E-state index in [2.05, 4.69) is 30.9 Å². The maximum absolute atomic E-state index is 12.5. The van der Waals surface area contributed by atoms with E-state index in [0.29, 0.717) is 13.2 Å². The monoisotopic (exact) mass is 364 g/mol. The first-order chi connectivity index (χ1) is 12.2. The predicted octanol–water partition coefficient (Wildman–Crippen LogP) is 3.55. The molecule has 1 aromatic rings. The van der Waals surface area contributed by atoms with Gasteiger partial charge in [-0.1, -0.05) is 0 Å². The summed E-state index contributed by atoms with van der Waals surface area (Å²) in [5, 5.41) is 0. The first-order valence-electron chi connectivity index (χ1n) is 9.19. The molecule has 6 heteroatoms. The van der Waals surface area contributed by atoms with Gasteiger partial charge in [0.2, 0.25) is 0 Å². The molecule has 0 aromatic heterocycles. The second-order valence-corrected chi connectivity index (χ2v) is 7.83. The van der Waals surface area contributed by atoms with Crippen molar-refractivity contribution in [2.24, 2.45) is 0 Å². The Morgan fingerprint density at radius 3 is 2.15 bits per heavy atom. The molecule has 0 N–H and O–H groups in total. The molecular formula is C20H32N2O4. The first kappa shape index (κ1) is 20.4. The Morgan fingerprint density at radius 2 is 1.65 bits per heavy atom. The van der Waals surface area contributed by atoms with E-state index in [1.165, 1.54) is 0 Å². The SMILES string of the molecule is COCCOc1ccc(N2CC(C)N(C(=O)OC(C)(C)C)C(C)C2)cc1. The maximum Gasteiger partial charge on any atom is 0.410 e. The van der Waals surface area contributed by atoms with Crippen LogP contribution in [0.15, 0.2) is 24.3 Å². The van der Waals surface area contributed by atoms with Crippen molar-refractivity contribution in [2.45, 2.75) is 52.3 Å². The second kappa shape index (κ2) is 8.62. The van der Waals surface area contributed by atoms with Crippen LogP contribution in [0.1, 0.15) is 34.6 Å². The van der Waals surface area contributed by atoms with E-state index >= 15 is 0 Å². The molecule has 2 unspecified atom stereocenters. The molecule has 26 heavy (non-hydrogen) atoms. The van der Waals surface area contributed by atoms with Gasteiger partial charge in [-0.05, 0) is 58.9 Å². The number of methoxy groups -OCH3 is 1. The van der Waals surface area contributed by atoms with E-state index in [0.717, 1.165) is 24.5 Å². The van der Waals surface area contributed by atoms with Gasteiger partial charge in [0.15, 0.2) is 0 Å². The van der Waals surface area contributed by atoms with Crippen LogP contribution in [0.3, 0.4) is 0 Å². The number of anilines is 1. The third kappa shape index (κ3) is 5.53. The van der Waals surface area contributed by atoms with Crippen molar-refractivity contribution in [2.75, 3.05) is 38.3 Å². The number of hydrogen-bond donors (Lipinski definition) is 0. The van der Waals surface area contributed by atoms with Crippen LogP contribution in [0, 0.1) is 0 Å². The molecule has 0 saturated carbocycles. The molecule has 1 fully saturated rings. The molecule has 2 atom stereocenters. The average Bonchev–Trinajstić information content (AvgIpc) is 2.53. The summed E-state index contributed by atoms with van der Waals surface area (Å²) < 4.78 is 16.2. The average molecular weight is 364 g/mol. The van der Waals surface area contributed by atoms with Gasteiger partial charge in [0, 0.05) is 25.9 Å². The zero-order valence-corrected chi connectivity index (χ0v) is 16.8. The Balaban J connectivity index is 1.98. The molecule has 146 valence electrons. The van der Waals surface area contributed by atoms with E-state index in [1.54, 1.807) is 7.11 Å². The fraction of sp³-hybridized carbons (Fsp3) is 0.650. The van der Waals surface area contributed by atoms with Gasteiger partial charge in [-0.2, -0.15) is 0 Å². The lowest BCUT2D eigenvalue weighted by atomic mass is 10.1. The van der Waals surface area contributed by atoms with Gasteiger partial charge in [0.1, 0.15) is 18.0 Å². The highest BCUT2D eigenvalue weighted by atomic mass is 16.6. The van der Waals surface area contributed by atoms with Crippen molar-refractivity contribution < 1.29 is 19.0 Å². The lowest BCUT2D eigenvalue weighted by molar-refractivity contribution is 0.00566. The van der Waals surface area contributed by atoms with Crippen LogP contribution in [0.25, 0.3) is 0 Å². The Bertz CT molecular complexity index is 570. The fourth-order valence-electron chi connectivity index (χ4n) is 3.20. The highest BCUT2D eigenvalue weighted by Gasteiger charge is 2.35. The van der Waals surface area contributed by atoms with Gasteiger partial charge >= 0.3 is 6.09 Å². The quantitative estimate of drug-likeness (QED) is 0.748. The number of nitrogens with zero attached hydrogens (tertiary/aromatic N) is 2. The number of rotatable bonds is 5. The number of benzene rings is 1.